The molecule has 0 aromatic heterocycles. The number of carbonyl (C=O) groups is 1. The van der Waals surface area contributed by atoms with Crippen molar-refractivity contribution >= 4 is 18.3 Å². The SMILES string of the molecule is CC(=O)N[C@@H](Cc1cc(F)cc(F)c1)[C@H](O)[C@H]1CO[C@@H](OCC(C)(C)C)[C@H](C)N1.Cl. The van der Waals surface area contributed by atoms with Gasteiger partial charge in [0.05, 0.1) is 37.4 Å². The number of aliphatic hydroxyl groups is 1. The van der Waals surface area contributed by atoms with Gasteiger partial charge in [-0.1, -0.05) is 20.8 Å². The molecule has 2 rings (SSSR count). The Morgan fingerprint density at radius 2 is 1.93 bits per heavy atom. The Labute approximate surface area is 183 Å². The minimum absolute atomic E-state index is 0. The van der Waals surface area contributed by atoms with Gasteiger partial charge in [0.1, 0.15) is 11.6 Å². The van der Waals surface area contributed by atoms with Crippen LogP contribution in [0.25, 0.3) is 0 Å². The summed E-state index contributed by atoms with van der Waals surface area (Å²) in [4.78, 5) is 11.6. The molecule has 30 heavy (non-hydrogen) atoms. The van der Waals surface area contributed by atoms with Crippen LogP contribution in [0.15, 0.2) is 18.2 Å². The molecule has 1 aliphatic heterocycles. The molecule has 0 aliphatic carbocycles. The molecule has 5 atom stereocenters. The van der Waals surface area contributed by atoms with Crippen molar-refractivity contribution in [2.45, 2.75) is 71.6 Å². The molecule has 1 saturated heterocycles. The van der Waals surface area contributed by atoms with E-state index < -0.39 is 36.1 Å². The lowest BCUT2D eigenvalue weighted by atomic mass is 9.95. The Kier molecular flexibility index (Phi) is 10.1. The zero-order valence-electron chi connectivity index (χ0n) is 18.1. The fourth-order valence-electron chi connectivity index (χ4n) is 3.31. The first kappa shape index (κ1) is 26.7. The summed E-state index contributed by atoms with van der Waals surface area (Å²) in [7, 11) is 0. The van der Waals surface area contributed by atoms with Gasteiger partial charge in [0.25, 0.3) is 0 Å². The molecule has 1 aromatic carbocycles. The third-order valence-corrected chi connectivity index (χ3v) is 4.60. The predicted octanol–water partition coefficient (Wildman–Crippen LogP) is 2.56. The van der Waals surface area contributed by atoms with Crippen LogP contribution in [0.1, 0.15) is 40.2 Å². The first-order chi connectivity index (χ1) is 13.4. The zero-order chi connectivity index (χ0) is 21.8. The van der Waals surface area contributed by atoms with Gasteiger partial charge in [-0.05, 0) is 36.5 Å². The first-order valence-electron chi connectivity index (χ1n) is 9.84. The molecule has 172 valence electrons. The van der Waals surface area contributed by atoms with E-state index in [-0.39, 0.29) is 42.8 Å². The van der Waals surface area contributed by atoms with E-state index in [0.717, 1.165) is 6.07 Å². The number of nitrogens with one attached hydrogen (secondary N) is 2. The second-order valence-electron chi connectivity index (χ2n) is 8.91. The van der Waals surface area contributed by atoms with E-state index in [1.54, 1.807) is 0 Å². The smallest absolute Gasteiger partial charge is 0.217 e. The van der Waals surface area contributed by atoms with Crippen LogP contribution < -0.4 is 10.6 Å². The van der Waals surface area contributed by atoms with Gasteiger partial charge in [0, 0.05) is 13.0 Å². The van der Waals surface area contributed by atoms with Crippen molar-refractivity contribution in [3.05, 3.63) is 35.4 Å². The largest absolute Gasteiger partial charge is 0.389 e. The van der Waals surface area contributed by atoms with E-state index in [1.165, 1.54) is 19.1 Å². The highest BCUT2D eigenvalue weighted by molar-refractivity contribution is 5.85. The van der Waals surface area contributed by atoms with Crippen molar-refractivity contribution in [1.82, 2.24) is 10.6 Å². The molecule has 1 fully saturated rings. The van der Waals surface area contributed by atoms with E-state index in [9.17, 15) is 18.7 Å². The number of hydrogen-bond acceptors (Lipinski definition) is 5. The van der Waals surface area contributed by atoms with Gasteiger partial charge < -0.3 is 25.2 Å². The minimum atomic E-state index is -1.03. The van der Waals surface area contributed by atoms with Crippen LogP contribution in [0.4, 0.5) is 8.78 Å². The highest BCUT2D eigenvalue weighted by Gasteiger charge is 2.36. The summed E-state index contributed by atoms with van der Waals surface area (Å²) in [5.74, 6) is -1.76. The number of amides is 1. The number of morpholine rings is 1. The van der Waals surface area contributed by atoms with Gasteiger partial charge in [-0.25, -0.2) is 8.78 Å². The van der Waals surface area contributed by atoms with Gasteiger partial charge >= 0.3 is 0 Å². The van der Waals surface area contributed by atoms with Crippen molar-refractivity contribution in [2.75, 3.05) is 13.2 Å². The lowest BCUT2D eigenvalue weighted by molar-refractivity contribution is -0.201. The molecular formula is C21H33ClF2N2O4. The molecule has 3 N–H and O–H groups in total. The van der Waals surface area contributed by atoms with Crippen LogP contribution in [0.2, 0.25) is 0 Å². The summed E-state index contributed by atoms with van der Waals surface area (Å²) < 4.78 is 38.6. The number of ether oxygens (including phenoxy) is 2. The van der Waals surface area contributed by atoms with Gasteiger partial charge in [-0.15, -0.1) is 12.4 Å². The molecule has 1 heterocycles. The maximum atomic E-state index is 13.5. The van der Waals surface area contributed by atoms with Gasteiger partial charge in [0.15, 0.2) is 6.29 Å². The maximum absolute atomic E-state index is 13.5. The Bertz CT molecular complexity index is 682. The summed E-state index contributed by atoms with van der Waals surface area (Å²) in [5, 5.41) is 16.8. The molecule has 1 aromatic rings. The van der Waals surface area contributed by atoms with E-state index in [0.29, 0.717) is 12.2 Å². The zero-order valence-corrected chi connectivity index (χ0v) is 18.9. The number of aliphatic hydroxyl groups excluding tert-OH is 1. The third kappa shape index (κ3) is 8.43. The molecule has 6 nitrogen and oxygen atoms in total. The summed E-state index contributed by atoms with van der Waals surface area (Å²) in [6, 6.07) is 1.76. The molecule has 1 aliphatic rings. The number of halogens is 3. The maximum Gasteiger partial charge on any atom is 0.217 e. The normalized spacial score (nSPS) is 23.9. The third-order valence-electron chi connectivity index (χ3n) is 4.60. The van der Waals surface area contributed by atoms with Gasteiger partial charge in [-0.3, -0.25) is 4.79 Å². The van der Waals surface area contributed by atoms with Crippen LogP contribution in [0, 0.1) is 17.0 Å². The van der Waals surface area contributed by atoms with Crippen LogP contribution in [-0.4, -0.2) is 54.7 Å². The second kappa shape index (κ2) is 11.3. The molecule has 0 radical (unpaired) electrons. The molecule has 0 saturated carbocycles. The highest BCUT2D eigenvalue weighted by Crippen LogP contribution is 2.20. The Hall–Kier alpha value is -1.32. The van der Waals surface area contributed by atoms with E-state index in [4.69, 9.17) is 9.47 Å². The van der Waals surface area contributed by atoms with Crippen molar-refractivity contribution in [2.24, 2.45) is 5.41 Å². The Balaban J connectivity index is 0.00000450. The predicted molar refractivity (Wildman–Crippen MR) is 112 cm³/mol. The summed E-state index contributed by atoms with van der Waals surface area (Å²) in [6.07, 6.45) is -1.41. The number of benzene rings is 1. The van der Waals surface area contributed by atoms with Crippen LogP contribution in [-0.2, 0) is 20.7 Å². The lowest BCUT2D eigenvalue weighted by Gasteiger charge is -2.40. The minimum Gasteiger partial charge on any atom is -0.389 e. The molecule has 9 heteroatoms. The van der Waals surface area contributed by atoms with E-state index in [1.807, 2.05) is 6.92 Å². The van der Waals surface area contributed by atoms with Crippen LogP contribution in [0.3, 0.4) is 0 Å². The topological polar surface area (TPSA) is 79.8 Å². The first-order valence-corrected chi connectivity index (χ1v) is 9.84. The van der Waals surface area contributed by atoms with Gasteiger partial charge in [0.2, 0.25) is 5.91 Å². The van der Waals surface area contributed by atoms with Crippen LogP contribution >= 0.6 is 12.4 Å². The van der Waals surface area contributed by atoms with E-state index >= 15 is 0 Å². The summed E-state index contributed by atoms with van der Waals surface area (Å²) in [5.41, 5.74) is 0.340. The molecular weight excluding hydrogens is 418 g/mol. The molecule has 0 bridgehead atoms. The fourth-order valence-corrected chi connectivity index (χ4v) is 3.31. The highest BCUT2D eigenvalue weighted by atomic mass is 35.5. The summed E-state index contributed by atoms with van der Waals surface area (Å²) >= 11 is 0. The van der Waals surface area contributed by atoms with E-state index in [2.05, 4.69) is 31.4 Å². The van der Waals surface area contributed by atoms with Crippen molar-refractivity contribution in [3.8, 4) is 0 Å². The molecule has 0 unspecified atom stereocenters. The number of hydrogen-bond donors (Lipinski definition) is 3. The molecule has 0 spiro atoms. The lowest BCUT2D eigenvalue weighted by Crippen LogP contribution is -2.62. The van der Waals surface area contributed by atoms with Gasteiger partial charge in [-0.2, -0.15) is 0 Å². The summed E-state index contributed by atoms with van der Waals surface area (Å²) in [6.45, 7) is 10.1. The van der Waals surface area contributed by atoms with Crippen molar-refractivity contribution in [1.29, 1.82) is 0 Å². The standard InChI is InChI=1S/C21H32F2N2O4.ClH/c1-12-20(29-11-21(3,4)5)28-10-18(24-12)19(27)17(25-13(2)26)8-14-6-15(22)9-16(23)7-14;/h6-7,9,12,17-20,24,27H,8,10-11H2,1-5H3,(H,25,26);1H/t12-,17-,18+,19-,20-;/m0./s1. The quantitative estimate of drug-likeness (QED) is 0.595. The average molecular weight is 451 g/mol. The fraction of sp³-hybridized carbons (Fsp3) is 0.667. The van der Waals surface area contributed by atoms with Crippen molar-refractivity contribution < 1.29 is 28.2 Å². The van der Waals surface area contributed by atoms with Crippen LogP contribution in [0.5, 0.6) is 0 Å². The second-order valence-corrected chi connectivity index (χ2v) is 8.91. The number of rotatable bonds is 7. The van der Waals surface area contributed by atoms with Crippen molar-refractivity contribution in [3.63, 3.8) is 0 Å². The Morgan fingerprint density at radius 3 is 2.43 bits per heavy atom. The Morgan fingerprint density at radius 1 is 1.33 bits per heavy atom. The average Bonchev–Trinajstić information content (AvgIpc) is 2.57. The molecule has 1 amide bonds. The monoisotopic (exact) mass is 450 g/mol. The number of carbonyl (C=O) groups excluding carboxylic acids is 1.